The van der Waals surface area contributed by atoms with Crippen LogP contribution in [0.2, 0.25) is 0 Å². The topological polar surface area (TPSA) is 84.0 Å². The summed E-state index contributed by atoms with van der Waals surface area (Å²) in [7, 11) is 0. The molecule has 6 nitrogen and oxygen atoms in total. The van der Waals surface area contributed by atoms with Gasteiger partial charge < -0.3 is 10.6 Å². The summed E-state index contributed by atoms with van der Waals surface area (Å²) in [6, 6.07) is 5.93. The SMILES string of the molecule is CCC(C)(C)C1CCC(NC(=O)c2nccnc2C(=O)NCc2ccc(F)cc2)CC1. The van der Waals surface area contributed by atoms with E-state index in [2.05, 4.69) is 41.4 Å². The molecule has 0 radical (unpaired) electrons. The maximum absolute atomic E-state index is 13.0. The van der Waals surface area contributed by atoms with Crippen LogP contribution in [0.25, 0.3) is 0 Å². The van der Waals surface area contributed by atoms with E-state index in [0.29, 0.717) is 11.3 Å². The molecule has 0 aliphatic heterocycles. The average molecular weight is 427 g/mol. The van der Waals surface area contributed by atoms with Crippen molar-refractivity contribution < 1.29 is 14.0 Å². The second-order valence-electron chi connectivity index (χ2n) is 8.93. The number of amides is 2. The van der Waals surface area contributed by atoms with Gasteiger partial charge in [-0.1, -0.05) is 39.3 Å². The van der Waals surface area contributed by atoms with Gasteiger partial charge in [-0.15, -0.1) is 0 Å². The molecular weight excluding hydrogens is 395 g/mol. The Bertz CT molecular complexity index is 906. The number of benzene rings is 1. The Kier molecular flexibility index (Phi) is 7.36. The lowest BCUT2D eigenvalue weighted by atomic mass is 9.69. The molecule has 31 heavy (non-hydrogen) atoms. The highest BCUT2D eigenvalue weighted by molar-refractivity contribution is 6.04. The molecule has 1 fully saturated rings. The quantitative estimate of drug-likeness (QED) is 0.693. The van der Waals surface area contributed by atoms with Crippen molar-refractivity contribution in [3.05, 3.63) is 59.4 Å². The van der Waals surface area contributed by atoms with Crippen molar-refractivity contribution in [3.8, 4) is 0 Å². The van der Waals surface area contributed by atoms with Gasteiger partial charge in [0.15, 0.2) is 11.4 Å². The third-order valence-corrected chi connectivity index (χ3v) is 6.57. The predicted molar refractivity (Wildman–Crippen MR) is 117 cm³/mol. The molecule has 0 spiro atoms. The second-order valence-corrected chi connectivity index (χ2v) is 8.93. The Morgan fingerprint density at radius 1 is 1.00 bits per heavy atom. The minimum absolute atomic E-state index is 0.0112. The second kappa shape index (κ2) is 9.98. The van der Waals surface area contributed by atoms with Gasteiger partial charge in [-0.05, 0) is 54.7 Å². The zero-order valence-electron chi connectivity index (χ0n) is 18.5. The Labute approximate surface area is 183 Å². The fraction of sp³-hybridized carbons (Fsp3) is 0.500. The van der Waals surface area contributed by atoms with Crippen LogP contribution in [0.15, 0.2) is 36.7 Å². The molecular formula is C24H31FN4O2. The zero-order valence-corrected chi connectivity index (χ0v) is 18.5. The number of nitrogens with zero attached hydrogens (tertiary/aromatic N) is 2. The number of halogens is 1. The molecule has 1 saturated carbocycles. The molecule has 1 aliphatic rings. The maximum atomic E-state index is 13.0. The van der Waals surface area contributed by atoms with Crippen LogP contribution in [0, 0.1) is 17.2 Å². The monoisotopic (exact) mass is 426 g/mol. The zero-order chi connectivity index (χ0) is 22.4. The Morgan fingerprint density at radius 3 is 2.16 bits per heavy atom. The van der Waals surface area contributed by atoms with E-state index in [9.17, 15) is 14.0 Å². The molecule has 1 aliphatic carbocycles. The van der Waals surface area contributed by atoms with E-state index in [0.717, 1.165) is 37.7 Å². The molecule has 2 amide bonds. The first-order valence-corrected chi connectivity index (χ1v) is 10.9. The van der Waals surface area contributed by atoms with Gasteiger partial charge in [-0.2, -0.15) is 0 Å². The molecule has 7 heteroatoms. The minimum Gasteiger partial charge on any atom is -0.348 e. The van der Waals surface area contributed by atoms with Crippen LogP contribution in [0.3, 0.4) is 0 Å². The van der Waals surface area contributed by atoms with Crippen molar-refractivity contribution >= 4 is 11.8 Å². The summed E-state index contributed by atoms with van der Waals surface area (Å²) in [5.74, 6) is -0.542. The number of carbonyl (C=O) groups is 2. The standard InChI is InChI=1S/C24H31FN4O2/c1-4-24(2,3)17-7-11-19(12-8-17)29-23(31)21-20(26-13-14-27-21)22(30)28-15-16-5-9-18(25)10-6-16/h5-6,9-10,13-14,17,19H,4,7-8,11-12,15H2,1-3H3,(H,28,30)(H,29,31). The molecule has 1 aromatic carbocycles. The van der Waals surface area contributed by atoms with Crippen LogP contribution >= 0.6 is 0 Å². The summed E-state index contributed by atoms with van der Waals surface area (Å²) < 4.78 is 13.0. The molecule has 1 aromatic heterocycles. The number of hydrogen-bond donors (Lipinski definition) is 2. The van der Waals surface area contributed by atoms with Gasteiger partial charge in [0.2, 0.25) is 0 Å². The summed E-state index contributed by atoms with van der Waals surface area (Å²) in [5, 5.41) is 5.76. The van der Waals surface area contributed by atoms with Gasteiger partial charge in [0.25, 0.3) is 11.8 Å². The lowest BCUT2D eigenvalue weighted by Crippen LogP contribution is -2.41. The summed E-state index contributed by atoms with van der Waals surface area (Å²) in [6.45, 7) is 7.05. The highest BCUT2D eigenvalue weighted by atomic mass is 19.1. The van der Waals surface area contributed by atoms with Gasteiger partial charge >= 0.3 is 0 Å². The molecule has 0 saturated heterocycles. The van der Waals surface area contributed by atoms with E-state index in [4.69, 9.17) is 0 Å². The van der Waals surface area contributed by atoms with Gasteiger partial charge in [-0.25, -0.2) is 14.4 Å². The predicted octanol–water partition coefficient (Wildman–Crippen LogP) is 4.27. The molecule has 0 unspecified atom stereocenters. The molecule has 166 valence electrons. The highest BCUT2D eigenvalue weighted by Gasteiger charge is 2.32. The van der Waals surface area contributed by atoms with E-state index in [1.165, 1.54) is 24.5 Å². The molecule has 3 rings (SSSR count). The van der Waals surface area contributed by atoms with Crippen LogP contribution in [0.1, 0.15) is 79.4 Å². The minimum atomic E-state index is -0.490. The molecule has 1 heterocycles. The first-order chi connectivity index (χ1) is 14.8. The number of aromatic nitrogens is 2. The summed E-state index contributed by atoms with van der Waals surface area (Å²) in [5.41, 5.74) is 1.07. The average Bonchev–Trinajstić information content (AvgIpc) is 2.79. The number of nitrogens with one attached hydrogen (secondary N) is 2. The molecule has 2 aromatic rings. The lowest BCUT2D eigenvalue weighted by molar-refractivity contribution is 0.0869. The molecule has 2 N–H and O–H groups in total. The first-order valence-electron chi connectivity index (χ1n) is 10.9. The normalized spacial score (nSPS) is 19.0. The van der Waals surface area contributed by atoms with Gasteiger partial charge in [0.1, 0.15) is 5.82 Å². The fourth-order valence-electron chi connectivity index (χ4n) is 4.10. The third-order valence-electron chi connectivity index (χ3n) is 6.57. The van der Waals surface area contributed by atoms with Crippen molar-refractivity contribution in [3.63, 3.8) is 0 Å². The number of hydrogen-bond acceptors (Lipinski definition) is 4. The number of rotatable bonds is 7. The first kappa shape index (κ1) is 22.8. The smallest absolute Gasteiger partial charge is 0.272 e. The third kappa shape index (κ3) is 5.87. The van der Waals surface area contributed by atoms with E-state index in [1.807, 2.05) is 0 Å². The van der Waals surface area contributed by atoms with E-state index >= 15 is 0 Å². The maximum Gasteiger partial charge on any atom is 0.272 e. The Balaban J connectivity index is 1.60. The van der Waals surface area contributed by atoms with E-state index in [-0.39, 0.29) is 35.7 Å². The lowest BCUT2D eigenvalue weighted by Gasteiger charge is -2.39. The highest BCUT2D eigenvalue weighted by Crippen LogP contribution is 2.40. The van der Waals surface area contributed by atoms with Gasteiger partial charge in [0.05, 0.1) is 0 Å². The molecule has 0 atom stereocenters. The summed E-state index contributed by atoms with van der Waals surface area (Å²) in [6.07, 6.45) is 7.95. The largest absolute Gasteiger partial charge is 0.348 e. The van der Waals surface area contributed by atoms with Crippen LogP contribution in [0.4, 0.5) is 4.39 Å². The Morgan fingerprint density at radius 2 is 1.58 bits per heavy atom. The van der Waals surface area contributed by atoms with Gasteiger partial charge in [-0.3, -0.25) is 9.59 Å². The summed E-state index contributed by atoms with van der Waals surface area (Å²) in [4.78, 5) is 33.7. The van der Waals surface area contributed by atoms with Crippen molar-refractivity contribution in [2.45, 2.75) is 65.5 Å². The van der Waals surface area contributed by atoms with Crippen LogP contribution in [-0.4, -0.2) is 27.8 Å². The van der Waals surface area contributed by atoms with Crippen LogP contribution in [0.5, 0.6) is 0 Å². The van der Waals surface area contributed by atoms with Crippen molar-refractivity contribution in [2.75, 3.05) is 0 Å². The fourth-order valence-corrected chi connectivity index (χ4v) is 4.10. The van der Waals surface area contributed by atoms with Crippen LogP contribution < -0.4 is 10.6 Å². The number of carbonyl (C=O) groups excluding carboxylic acids is 2. The van der Waals surface area contributed by atoms with Crippen molar-refractivity contribution in [1.82, 2.24) is 20.6 Å². The van der Waals surface area contributed by atoms with Crippen LogP contribution in [-0.2, 0) is 6.54 Å². The molecule has 0 bridgehead atoms. The van der Waals surface area contributed by atoms with Crippen molar-refractivity contribution in [1.29, 1.82) is 0 Å². The van der Waals surface area contributed by atoms with E-state index < -0.39 is 5.91 Å². The van der Waals surface area contributed by atoms with Gasteiger partial charge in [0, 0.05) is 25.0 Å². The van der Waals surface area contributed by atoms with Crippen molar-refractivity contribution in [2.24, 2.45) is 11.3 Å². The summed E-state index contributed by atoms with van der Waals surface area (Å²) >= 11 is 0. The van der Waals surface area contributed by atoms with E-state index in [1.54, 1.807) is 12.1 Å². The Hall–Kier alpha value is -2.83.